The smallest absolute Gasteiger partial charge is 0.227 e. The van der Waals surface area contributed by atoms with E-state index in [0.717, 1.165) is 63.0 Å². The molecule has 45 heavy (non-hydrogen) atoms. The van der Waals surface area contributed by atoms with Crippen LogP contribution in [0.2, 0.25) is 5.02 Å². The Kier molecular flexibility index (Phi) is 18.1. The maximum atomic E-state index is 12.2. The summed E-state index contributed by atoms with van der Waals surface area (Å²) >= 11 is 5.54. The number of hydrogen-bond acceptors (Lipinski definition) is 5. The lowest BCUT2D eigenvalue weighted by atomic mass is 9.87. The summed E-state index contributed by atoms with van der Waals surface area (Å²) in [5.41, 5.74) is 0.208. The second-order valence-corrected chi connectivity index (χ2v) is 14.7. The van der Waals surface area contributed by atoms with Crippen LogP contribution in [-0.2, 0) is 19.1 Å². The first-order chi connectivity index (χ1) is 21.4. The van der Waals surface area contributed by atoms with Crippen LogP contribution in [-0.4, -0.2) is 97.0 Å². The standard InChI is InChI=1S/C13H24N2O.C12H23NO.C6H5Cl.C5H9NO2/c1-13(2,3)15-9-6-11(10-15)12(16)14-7-4-5-8-14;1-9(2)8-12(14)13-11-6-4-10(3)5-7-11;7-6-4-2-1-3-5-6;7-5-6-1-3-8-4-2-6/h11H,4-10H2,1-3H3;9-11H,4-8H2,1-3H3,(H,13,14);1-5H;5H,1-4H2. The van der Waals surface area contributed by atoms with Crippen LogP contribution in [0.25, 0.3) is 0 Å². The van der Waals surface area contributed by atoms with Gasteiger partial charge in [0.15, 0.2) is 0 Å². The topological polar surface area (TPSA) is 82.2 Å². The van der Waals surface area contributed by atoms with Crippen molar-refractivity contribution in [3.8, 4) is 0 Å². The van der Waals surface area contributed by atoms with E-state index in [2.05, 4.69) is 56.7 Å². The quantitative estimate of drug-likeness (QED) is 0.381. The van der Waals surface area contributed by atoms with Crippen molar-refractivity contribution < 1.29 is 19.1 Å². The number of nitrogens with one attached hydrogen (secondary N) is 1. The Morgan fingerprint density at radius 2 is 1.56 bits per heavy atom. The van der Waals surface area contributed by atoms with Gasteiger partial charge in [-0.1, -0.05) is 50.6 Å². The zero-order valence-corrected chi connectivity index (χ0v) is 29.7. The first-order valence-corrected chi connectivity index (χ1v) is 17.6. The molecule has 1 aromatic carbocycles. The van der Waals surface area contributed by atoms with Gasteiger partial charge >= 0.3 is 0 Å². The highest BCUT2D eigenvalue weighted by atomic mass is 35.5. The number of halogens is 1. The second kappa shape index (κ2) is 20.9. The fourth-order valence-electron chi connectivity index (χ4n) is 5.93. The first kappa shape index (κ1) is 39.0. The summed E-state index contributed by atoms with van der Waals surface area (Å²) < 4.78 is 5.00. The van der Waals surface area contributed by atoms with Gasteiger partial charge in [0, 0.05) is 55.7 Å². The molecule has 1 aliphatic carbocycles. The first-order valence-electron chi connectivity index (χ1n) is 17.2. The van der Waals surface area contributed by atoms with Crippen LogP contribution in [0.5, 0.6) is 0 Å². The fraction of sp³-hybridized carbons (Fsp3) is 0.750. The monoisotopic (exact) mass is 648 g/mol. The Balaban J connectivity index is 0.000000221. The lowest BCUT2D eigenvalue weighted by Gasteiger charge is -2.31. The van der Waals surface area contributed by atoms with E-state index >= 15 is 0 Å². The van der Waals surface area contributed by atoms with Crippen LogP contribution in [0.4, 0.5) is 0 Å². The molecule has 0 aromatic heterocycles. The predicted molar refractivity (Wildman–Crippen MR) is 184 cm³/mol. The molecule has 4 fully saturated rings. The van der Waals surface area contributed by atoms with Crippen LogP contribution in [0, 0.1) is 17.8 Å². The number of hydrogen-bond donors (Lipinski definition) is 1. The van der Waals surface area contributed by atoms with Crippen molar-refractivity contribution >= 4 is 29.8 Å². The molecule has 1 saturated carbocycles. The molecule has 9 heteroatoms. The lowest BCUT2D eigenvalue weighted by molar-refractivity contribution is -0.134. The lowest BCUT2D eigenvalue weighted by Crippen LogP contribution is -2.41. The number of ether oxygens (including phenoxy) is 1. The van der Waals surface area contributed by atoms with Gasteiger partial charge in [-0.05, 0) is 96.2 Å². The van der Waals surface area contributed by atoms with Gasteiger partial charge in [0.1, 0.15) is 0 Å². The Morgan fingerprint density at radius 1 is 0.956 bits per heavy atom. The Morgan fingerprint density at radius 3 is 2.00 bits per heavy atom. The molecule has 1 aromatic rings. The fourth-order valence-corrected chi connectivity index (χ4v) is 6.07. The minimum Gasteiger partial charge on any atom is -0.378 e. The van der Waals surface area contributed by atoms with Crippen LogP contribution < -0.4 is 5.32 Å². The average Bonchev–Trinajstić information content (AvgIpc) is 3.73. The third-order valence-corrected chi connectivity index (χ3v) is 9.06. The molecule has 3 saturated heterocycles. The summed E-state index contributed by atoms with van der Waals surface area (Å²) in [7, 11) is 0. The van der Waals surface area contributed by atoms with Crippen molar-refractivity contribution in [2.45, 2.75) is 104 Å². The number of likely N-dealkylation sites (tertiary alicyclic amines) is 2. The molecule has 3 aliphatic heterocycles. The summed E-state index contributed by atoms with van der Waals surface area (Å²) in [5.74, 6) is 2.23. The van der Waals surface area contributed by atoms with E-state index in [1.54, 1.807) is 4.90 Å². The number of amides is 3. The van der Waals surface area contributed by atoms with E-state index in [4.69, 9.17) is 16.3 Å². The van der Waals surface area contributed by atoms with E-state index in [9.17, 15) is 14.4 Å². The minimum atomic E-state index is 0.208. The molecule has 0 radical (unpaired) electrons. The van der Waals surface area contributed by atoms with Gasteiger partial charge in [0.05, 0.1) is 19.1 Å². The zero-order chi connectivity index (χ0) is 33.2. The number of rotatable bonds is 5. The van der Waals surface area contributed by atoms with Crippen LogP contribution in [0.15, 0.2) is 30.3 Å². The van der Waals surface area contributed by atoms with Crippen molar-refractivity contribution in [1.29, 1.82) is 0 Å². The molecule has 3 heterocycles. The van der Waals surface area contributed by atoms with E-state index in [1.807, 2.05) is 30.3 Å². The number of carbonyl (C=O) groups is 3. The van der Waals surface area contributed by atoms with Gasteiger partial charge in [-0.15, -0.1) is 0 Å². The van der Waals surface area contributed by atoms with E-state index < -0.39 is 0 Å². The molecular formula is C36H61ClN4O4. The summed E-state index contributed by atoms with van der Waals surface area (Å²) in [6, 6.07) is 9.90. The predicted octanol–water partition coefficient (Wildman–Crippen LogP) is 6.27. The highest BCUT2D eigenvalue weighted by molar-refractivity contribution is 6.30. The third kappa shape index (κ3) is 16.3. The molecule has 4 aliphatic rings. The Hall–Kier alpha value is -2.16. The van der Waals surface area contributed by atoms with Gasteiger partial charge in [0.2, 0.25) is 18.2 Å². The largest absolute Gasteiger partial charge is 0.378 e. The molecule has 1 atom stereocenters. The Labute approximate surface area is 278 Å². The maximum absolute atomic E-state index is 12.2. The molecule has 1 unspecified atom stereocenters. The second-order valence-electron chi connectivity index (χ2n) is 14.3. The zero-order valence-electron chi connectivity index (χ0n) is 28.9. The Bertz CT molecular complexity index is 967. The van der Waals surface area contributed by atoms with Crippen LogP contribution in [0.1, 0.15) is 92.9 Å². The normalized spacial score (nSPS) is 23.5. The van der Waals surface area contributed by atoms with E-state index in [-0.39, 0.29) is 17.4 Å². The molecule has 5 rings (SSSR count). The van der Waals surface area contributed by atoms with E-state index in [0.29, 0.717) is 37.5 Å². The summed E-state index contributed by atoms with van der Waals surface area (Å²) in [4.78, 5) is 40.0. The number of benzene rings is 1. The molecular weight excluding hydrogens is 588 g/mol. The van der Waals surface area contributed by atoms with Gasteiger partial charge in [0.25, 0.3) is 0 Å². The van der Waals surface area contributed by atoms with Gasteiger partial charge in [-0.3, -0.25) is 19.3 Å². The highest BCUT2D eigenvalue weighted by Gasteiger charge is 2.36. The number of morpholine rings is 1. The van der Waals surface area contributed by atoms with Crippen molar-refractivity contribution in [3.63, 3.8) is 0 Å². The van der Waals surface area contributed by atoms with Gasteiger partial charge < -0.3 is 19.9 Å². The molecule has 8 nitrogen and oxygen atoms in total. The number of nitrogens with zero attached hydrogens (tertiary/aromatic N) is 3. The van der Waals surface area contributed by atoms with E-state index in [1.165, 1.54) is 38.5 Å². The highest BCUT2D eigenvalue weighted by Crippen LogP contribution is 2.27. The minimum absolute atomic E-state index is 0.208. The molecule has 0 spiro atoms. The molecule has 0 bridgehead atoms. The molecule has 1 N–H and O–H groups in total. The van der Waals surface area contributed by atoms with Gasteiger partial charge in [-0.2, -0.15) is 0 Å². The van der Waals surface area contributed by atoms with Crippen molar-refractivity contribution in [2.24, 2.45) is 17.8 Å². The summed E-state index contributed by atoms with van der Waals surface area (Å²) in [5, 5.41) is 3.93. The molecule has 3 amide bonds. The SMILES string of the molecule is CC(C)(C)N1CCC(C(=O)N2CCCC2)C1.CC(C)CC(=O)NC1CCC(C)CC1.Clc1ccccc1.O=CN1CCOCC1. The average molecular weight is 649 g/mol. The number of carbonyl (C=O) groups excluding carboxylic acids is 3. The maximum Gasteiger partial charge on any atom is 0.227 e. The van der Waals surface area contributed by atoms with Crippen LogP contribution in [0.3, 0.4) is 0 Å². The summed E-state index contributed by atoms with van der Waals surface area (Å²) in [6.45, 7) is 20.1. The van der Waals surface area contributed by atoms with Crippen LogP contribution >= 0.6 is 11.6 Å². The molecule has 256 valence electrons. The van der Waals surface area contributed by atoms with Crippen molar-refractivity contribution in [3.05, 3.63) is 35.4 Å². The van der Waals surface area contributed by atoms with Gasteiger partial charge in [-0.25, -0.2) is 0 Å². The van der Waals surface area contributed by atoms with Crippen molar-refractivity contribution in [2.75, 3.05) is 52.5 Å². The third-order valence-electron chi connectivity index (χ3n) is 8.81. The van der Waals surface area contributed by atoms with Crippen molar-refractivity contribution in [1.82, 2.24) is 20.0 Å². The summed E-state index contributed by atoms with van der Waals surface area (Å²) in [6.07, 6.45) is 9.86.